The van der Waals surface area contributed by atoms with Crippen LogP contribution >= 0.6 is 0 Å². The number of carbonyl (C=O) groups is 1. The molecule has 34 heavy (non-hydrogen) atoms. The van der Waals surface area contributed by atoms with Crippen molar-refractivity contribution in [1.29, 1.82) is 0 Å². The van der Waals surface area contributed by atoms with Crippen molar-refractivity contribution in [2.75, 3.05) is 0 Å². The average Bonchev–Trinajstić information content (AvgIpc) is 2.77. The molecule has 2 N–H and O–H groups in total. The zero-order chi connectivity index (χ0) is 25.1. The molecule has 1 unspecified atom stereocenters. The second-order valence-corrected chi connectivity index (χ2v) is 9.43. The minimum Gasteiger partial charge on any atom is -0.480 e. The van der Waals surface area contributed by atoms with Crippen molar-refractivity contribution in [3.8, 4) is 22.8 Å². The number of ether oxygens (including phenoxy) is 1. The number of nitrogens with one attached hydrogen (secondary N) is 1. The smallest absolute Gasteiger partial charge is 0.417 e. The minimum absolute atomic E-state index is 0.00359. The predicted molar refractivity (Wildman–Crippen MR) is 118 cm³/mol. The Bertz CT molecular complexity index is 1240. The summed E-state index contributed by atoms with van der Waals surface area (Å²) in [6.07, 6.45) is -3.79. The number of hydrogen-bond acceptors (Lipinski definition) is 5. The fraction of sp³-hybridized carbons (Fsp3) is 0.217. The lowest BCUT2D eigenvalue weighted by Gasteiger charge is -2.18. The maximum Gasteiger partial charge on any atom is 0.417 e. The Balaban J connectivity index is 1.71. The highest BCUT2D eigenvalue weighted by molar-refractivity contribution is 7.89. The third-order valence-electron chi connectivity index (χ3n) is 4.85. The molecular weight excluding hydrogens is 473 g/mol. The number of aromatic nitrogens is 1. The molecule has 180 valence electrons. The third kappa shape index (κ3) is 6.12. The number of sulfonamides is 1. The number of nitrogens with zero attached hydrogens (tertiary/aromatic N) is 1. The van der Waals surface area contributed by atoms with Crippen molar-refractivity contribution < 1.29 is 36.2 Å². The van der Waals surface area contributed by atoms with Gasteiger partial charge >= 0.3 is 12.1 Å². The van der Waals surface area contributed by atoms with Crippen molar-refractivity contribution in [1.82, 2.24) is 9.71 Å². The number of hydrogen-bond donors (Lipinski definition) is 2. The van der Waals surface area contributed by atoms with E-state index in [4.69, 9.17) is 4.74 Å². The summed E-state index contributed by atoms with van der Waals surface area (Å²) in [6, 6.07) is 13.2. The van der Waals surface area contributed by atoms with Crippen molar-refractivity contribution in [3.05, 3.63) is 72.4 Å². The molecule has 3 rings (SSSR count). The number of carboxylic acids is 1. The van der Waals surface area contributed by atoms with Crippen LogP contribution in [0.3, 0.4) is 0 Å². The van der Waals surface area contributed by atoms with Gasteiger partial charge in [0.2, 0.25) is 15.9 Å². The van der Waals surface area contributed by atoms with Crippen molar-refractivity contribution in [2.24, 2.45) is 5.92 Å². The zero-order valence-corrected chi connectivity index (χ0v) is 18.9. The van der Waals surface area contributed by atoms with E-state index >= 15 is 0 Å². The highest BCUT2D eigenvalue weighted by Gasteiger charge is 2.31. The van der Waals surface area contributed by atoms with Gasteiger partial charge in [-0.2, -0.15) is 17.9 Å². The minimum atomic E-state index is -4.48. The van der Waals surface area contributed by atoms with Gasteiger partial charge in [0.15, 0.2) is 0 Å². The quantitative estimate of drug-likeness (QED) is 0.459. The standard InChI is InChI=1S/C23H21F3N2O5S/c1-14(2)21(22(29)30)28-34(31,32)19-10-5-16(6-11-19)15-3-8-18(9-4-15)33-20-12-7-17(13-27-20)23(24,25)26/h3-14,21,28H,1-2H3,(H,29,30). The first kappa shape index (κ1) is 25.2. The van der Waals surface area contributed by atoms with E-state index in [2.05, 4.69) is 9.71 Å². The van der Waals surface area contributed by atoms with Crippen LogP contribution in [0, 0.1) is 5.92 Å². The molecule has 0 radical (unpaired) electrons. The Labute approximate surface area is 194 Å². The lowest BCUT2D eigenvalue weighted by Crippen LogP contribution is -2.44. The molecule has 0 aliphatic rings. The molecule has 0 aliphatic heterocycles. The van der Waals surface area contributed by atoms with E-state index in [0.29, 0.717) is 17.5 Å². The Morgan fingerprint density at radius 2 is 1.53 bits per heavy atom. The van der Waals surface area contributed by atoms with Gasteiger partial charge in [-0.05, 0) is 47.4 Å². The number of rotatable bonds is 8. The highest BCUT2D eigenvalue weighted by atomic mass is 32.2. The van der Waals surface area contributed by atoms with E-state index in [1.807, 2.05) is 0 Å². The van der Waals surface area contributed by atoms with Crippen LogP contribution in [0.2, 0.25) is 0 Å². The topological polar surface area (TPSA) is 106 Å². The molecule has 0 saturated carbocycles. The van der Waals surface area contributed by atoms with Crippen LogP contribution in [0.15, 0.2) is 71.8 Å². The molecule has 0 saturated heterocycles. The molecular formula is C23H21F3N2O5S. The lowest BCUT2D eigenvalue weighted by atomic mass is 10.1. The monoisotopic (exact) mass is 494 g/mol. The predicted octanol–water partition coefficient (Wildman–Crippen LogP) is 4.95. The van der Waals surface area contributed by atoms with Gasteiger partial charge < -0.3 is 9.84 Å². The number of halogens is 3. The molecule has 0 fully saturated rings. The normalized spacial score (nSPS) is 13.0. The second kappa shape index (κ2) is 9.82. The number of alkyl halides is 3. The van der Waals surface area contributed by atoms with Crippen LogP contribution < -0.4 is 9.46 Å². The number of benzene rings is 2. The zero-order valence-electron chi connectivity index (χ0n) is 18.1. The molecule has 1 heterocycles. The van der Waals surface area contributed by atoms with E-state index in [1.54, 1.807) is 50.2 Å². The van der Waals surface area contributed by atoms with Gasteiger partial charge in [-0.15, -0.1) is 0 Å². The molecule has 1 aromatic heterocycles. The molecule has 0 spiro atoms. The van der Waals surface area contributed by atoms with E-state index in [0.717, 1.165) is 17.7 Å². The Morgan fingerprint density at radius 1 is 0.971 bits per heavy atom. The maximum absolute atomic E-state index is 12.6. The van der Waals surface area contributed by atoms with Gasteiger partial charge in [0.05, 0.1) is 10.5 Å². The van der Waals surface area contributed by atoms with Gasteiger partial charge in [-0.1, -0.05) is 38.1 Å². The number of aliphatic carboxylic acids is 1. The van der Waals surface area contributed by atoms with Crippen LogP contribution in [0.5, 0.6) is 11.6 Å². The Hall–Kier alpha value is -3.44. The maximum atomic E-state index is 12.6. The van der Waals surface area contributed by atoms with E-state index in [-0.39, 0.29) is 10.8 Å². The molecule has 11 heteroatoms. The first-order valence-electron chi connectivity index (χ1n) is 10.0. The first-order valence-corrected chi connectivity index (χ1v) is 11.5. The summed E-state index contributed by atoms with van der Waals surface area (Å²) in [5.41, 5.74) is 0.547. The summed E-state index contributed by atoms with van der Waals surface area (Å²) >= 11 is 0. The lowest BCUT2D eigenvalue weighted by molar-refractivity contribution is -0.140. The fourth-order valence-electron chi connectivity index (χ4n) is 2.98. The fourth-order valence-corrected chi connectivity index (χ4v) is 4.32. The molecule has 2 aromatic carbocycles. The van der Waals surface area contributed by atoms with Gasteiger partial charge in [0.25, 0.3) is 0 Å². The van der Waals surface area contributed by atoms with Crippen LogP contribution in [0.25, 0.3) is 11.1 Å². The van der Waals surface area contributed by atoms with E-state index in [9.17, 15) is 31.5 Å². The Kier molecular flexibility index (Phi) is 7.27. The van der Waals surface area contributed by atoms with E-state index in [1.165, 1.54) is 12.1 Å². The van der Waals surface area contributed by atoms with Crippen LogP contribution in [0.4, 0.5) is 13.2 Å². The number of carboxylic acid groups (broad SMARTS) is 1. The molecule has 3 aromatic rings. The summed E-state index contributed by atoms with van der Waals surface area (Å²) in [5, 5.41) is 9.22. The molecule has 1 atom stereocenters. The summed E-state index contributed by atoms with van der Waals surface area (Å²) < 4.78 is 70.6. The van der Waals surface area contributed by atoms with Crippen LogP contribution in [-0.2, 0) is 21.0 Å². The largest absolute Gasteiger partial charge is 0.480 e. The van der Waals surface area contributed by atoms with Crippen molar-refractivity contribution >= 4 is 16.0 Å². The van der Waals surface area contributed by atoms with Gasteiger partial charge in [-0.3, -0.25) is 4.79 Å². The van der Waals surface area contributed by atoms with E-state index < -0.39 is 39.7 Å². The van der Waals surface area contributed by atoms with Crippen LogP contribution in [0.1, 0.15) is 19.4 Å². The molecule has 0 amide bonds. The van der Waals surface area contributed by atoms with Crippen molar-refractivity contribution in [2.45, 2.75) is 31.0 Å². The van der Waals surface area contributed by atoms with Gasteiger partial charge in [0, 0.05) is 12.3 Å². The number of pyridine rings is 1. The van der Waals surface area contributed by atoms with Gasteiger partial charge in [0.1, 0.15) is 11.8 Å². The van der Waals surface area contributed by atoms with Crippen LogP contribution in [-0.4, -0.2) is 30.5 Å². The molecule has 0 bridgehead atoms. The summed E-state index contributed by atoms with van der Waals surface area (Å²) in [5.74, 6) is -1.34. The molecule has 7 nitrogen and oxygen atoms in total. The van der Waals surface area contributed by atoms with Crippen molar-refractivity contribution in [3.63, 3.8) is 0 Å². The summed E-state index contributed by atoms with van der Waals surface area (Å²) in [4.78, 5) is 14.9. The SMILES string of the molecule is CC(C)C(NS(=O)(=O)c1ccc(-c2ccc(Oc3ccc(C(F)(F)F)cn3)cc2)cc1)C(=O)O. The Morgan fingerprint density at radius 3 is 1.97 bits per heavy atom. The second-order valence-electron chi connectivity index (χ2n) is 7.71. The van der Waals surface area contributed by atoms with Gasteiger partial charge in [-0.25, -0.2) is 13.4 Å². The first-order chi connectivity index (χ1) is 15.9. The summed E-state index contributed by atoms with van der Waals surface area (Å²) in [6.45, 7) is 3.21. The molecule has 0 aliphatic carbocycles. The third-order valence-corrected chi connectivity index (χ3v) is 6.31. The summed E-state index contributed by atoms with van der Waals surface area (Å²) in [7, 11) is -4.03. The average molecular weight is 494 g/mol. The highest BCUT2D eigenvalue weighted by Crippen LogP contribution is 2.30.